The standard InChI is InChI=1S/C23H36O3Si/c1-8-25-22(24)16-12-15-21(26-27(6,7)23(3,4)5)19(2)17-18-20-13-10-9-11-14-20/h9-14,16-19,21H,8,15H2,1-7H3/b16-12+,18-17+/t19-,21+/m1/s1. The first kappa shape index (κ1) is 23.4. The van der Waals surface area contributed by atoms with E-state index in [4.69, 9.17) is 9.16 Å². The Labute approximate surface area is 166 Å². The lowest BCUT2D eigenvalue weighted by Crippen LogP contribution is -2.45. The molecule has 0 aliphatic carbocycles. The molecule has 0 N–H and O–H groups in total. The minimum Gasteiger partial charge on any atom is -0.463 e. The van der Waals surface area contributed by atoms with Gasteiger partial charge in [0, 0.05) is 6.08 Å². The lowest BCUT2D eigenvalue weighted by Gasteiger charge is -2.40. The molecule has 0 fully saturated rings. The van der Waals surface area contributed by atoms with E-state index in [-0.39, 0.29) is 23.0 Å². The summed E-state index contributed by atoms with van der Waals surface area (Å²) in [5.41, 5.74) is 1.18. The van der Waals surface area contributed by atoms with Gasteiger partial charge in [0.05, 0.1) is 12.7 Å². The molecule has 4 heteroatoms. The molecule has 0 amide bonds. The van der Waals surface area contributed by atoms with Crippen LogP contribution in [0.4, 0.5) is 0 Å². The van der Waals surface area contributed by atoms with Crippen molar-refractivity contribution in [2.45, 2.75) is 65.3 Å². The van der Waals surface area contributed by atoms with E-state index < -0.39 is 8.32 Å². The normalized spacial score (nSPS) is 15.2. The maximum atomic E-state index is 11.6. The molecule has 0 heterocycles. The van der Waals surface area contributed by atoms with Crippen molar-refractivity contribution >= 4 is 20.4 Å². The highest BCUT2D eigenvalue weighted by molar-refractivity contribution is 6.74. The average molecular weight is 389 g/mol. The predicted octanol–water partition coefficient (Wildman–Crippen LogP) is 6.24. The van der Waals surface area contributed by atoms with Crippen LogP contribution < -0.4 is 0 Å². The summed E-state index contributed by atoms with van der Waals surface area (Å²) in [5.74, 6) is -0.0674. The Morgan fingerprint density at radius 1 is 1.19 bits per heavy atom. The molecule has 0 saturated carbocycles. The highest BCUT2D eigenvalue weighted by Gasteiger charge is 2.39. The van der Waals surface area contributed by atoms with Gasteiger partial charge in [-0.2, -0.15) is 0 Å². The van der Waals surface area contributed by atoms with Gasteiger partial charge in [-0.05, 0) is 43.0 Å². The number of carbonyl (C=O) groups excluding carboxylic acids is 1. The maximum absolute atomic E-state index is 11.6. The van der Waals surface area contributed by atoms with Crippen molar-refractivity contribution in [1.82, 2.24) is 0 Å². The fourth-order valence-electron chi connectivity index (χ4n) is 2.37. The molecule has 1 rings (SSSR count). The fourth-order valence-corrected chi connectivity index (χ4v) is 3.79. The molecule has 0 aliphatic rings. The zero-order valence-electron chi connectivity index (χ0n) is 18.0. The highest BCUT2D eigenvalue weighted by Crippen LogP contribution is 2.38. The third kappa shape index (κ3) is 8.27. The van der Waals surface area contributed by atoms with E-state index in [1.165, 1.54) is 11.6 Å². The number of rotatable bonds is 9. The van der Waals surface area contributed by atoms with Gasteiger partial charge in [-0.3, -0.25) is 0 Å². The molecular weight excluding hydrogens is 352 g/mol. The van der Waals surface area contributed by atoms with Gasteiger partial charge in [0.15, 0.2) is 8.32 Å². The molecule has 3 nitrogen and oxygen atoms in total. The van der Waals surface area contributed by atoms with Gasteiger partial charge in [0.1, 0.15) is 0 Å². The van der Waals surface area contributed by atoms with Gasteiger partial charge in [0.2, 0.25) is 0 Å². The second kappa shape index (κ2) is 10.6. The molecular formula is C23H36O3Si. The molecule has 0 unspecified atom stereocenters. The zero-order valence-corrected chi connectivity index (χ0v) is 19.0. The molecule has 1 aromatic rings. The number of esters is 1. The van der Waals surface area contributed by atoms with Gasteiger partial charge >= 0.3 is 5.97 Å². The number of benzene rings is 1. The predicted molar refractivity (Wildman–Crippen MR) is 117 cm³/mol. The van der Waals surface area contributed by atoms with Crippen LogP contribution in [-0.4, -0.2) is 27.0 Å². The van der Waals surface area contributed by atoms with Crippen molar-refractivity contribution in [3.05, 3.63) is 54.1 Å². The molecule has 0 radical (unpaired) electrons. The van der Waals surface area contributed by atoms with Gasteiger partial charge < -0.3 is 9.16 Å². The lowest BCUT2D eigenvalue weighted by molar-refractivity contribution is -0.137. The van der Waals surface area contributed by atoms with Crippen molar-refractivity contribution in [3.8, 4) is 0 Å². The van der Waals surface area contributed by atoms with Crippen molar-refractivity contribution in [2.75, 3.05) is 6.61 Å². The Morgan fingerprint density at radius 2 is 1.81 bits per heavy atom. The summed E-state index contributed by atoms with van der Waals surface area (Å²) in [6, 6.07) is 10.3. The second-order valence-electron chi connectivity index (χ2n) is 8.44. The van der Waals surface area contributed by atoms with E-state index in [0.717, 1.165) is 0 Å². The summed E-state index contributed by atoms with van der Waals surface area (Å²) in [6.07, 6.45) is 8.44. The first-order valence-corrected chi connectivity index (χ1v) is 12.7. The smallest absolute Gasteiger partial charge is 0.330 e. The van der Waals surface area contributed by atoms with Crippen LogP contribution in [0.2, 0.25) is 18.1 Å². The third-order valence-corrected chi connectivity index (χ3v) is 9.64. The van der Waals surface area contributed by atoms with Crippen molar-refractivity contribution < 1.29 is 14.0 Å². The maximum Gasteiger partial charge on any atom is 0.330 e. The quantitative estimate of drug-likeness (QED) is 0.285. The van der Waals surface area contributed by atoms with E-state index in [1.807, 2.05) is 31.2 Å². The van der Waals surface area contributed by atoms with Crippen LogP contribution in [0.15, 0.2) is 48.6 Å². The molecule has 1 aromatic carbocycles. The summed E-state index contributed by atoms with van der Waals surface area (Å²) in [5, 5.41) is 0.138. The van der Waals surface area contributed by atoms with E-state index in [0.29, 0.717) is 13.0 Å². The Balaban J connectivity index is 2.91. The van der Waals surface area contributed by atoms with Crippen molar-refractivity contribution in [1.29, 1.82) is 0 Å². The number of hydrogen-bond donors (Lipinski definition) is 0. The molecule has 27 heavy (non-hydrogen) atoms. The second-order valence-corrected chi connectivity index (χ2v) is 13.2. The van der Waals surface area contributed by atoms with Crippen LogP contribution in [0, 0.1) is 5.92 Å². The van der Waals surface area contributed by atoms with E-state index >= 15 is 0 Å². The van der Waals surface area contributed by atoms with Gasteiger partial charge in [0.25, 0.3) is 0 Å². The zero-order chi connectivity index (χ0) is 20.5. The molecule has 150 valence electrons. The van der Waals surface area contributed by atoms with Crippen molar-refractivity contribution in [2.24, 2.45) is 5.92 Å². The highest BCUT2D eigenvalue weighted by atomic mass is 28.4. The Kier molecular flexibility index (Phi) is 9.20. The van der Waals surface area contributed by atoms with E-state index in [2.05, 4.69) is 65.1 Å². The monoisotopic (exact) mass is 388 g/mol. The van der Waals surface area contributed by atoms with Gasteiger partial charge in [-0.15, -0.1) is 0 Å². The molecule has 0 spiro atoms. The van der Waals surface area contributed by atoms with Gasteiger partial charge in [-0.1, -0.05) is 76.3 Å². The SMILES string of the molecule is CCOC(=O)/C=C/C[C@H](O[Si](C)(C)C(C)(C)C)[C@H](C)/C=C/c1ccccc1. The Bertz CT molecular complexity index is 627. The first-order valence-electron chi connectivity index (χ1n) is 9.81. The van der Waals surface area contributed by atoms with Crippen LogP contribution in [0.1, 0.15) is 46.6 Å². The summed E-state index contributed by atoms with van der Waals surface area (Å²) in [4.78, 5) is 11.6. The van der Waals surface area contributed by atoms with Crippen LogP contribution in [0.3, 0.4) is 0 Å². The Hall–Kier alpha value is -1.65. The topological polar surface area (TPSA) is 35.5 Å². The number of hydrogen-bond acceptors (Lipinski definition) is 3. The number of ether oxygens (including phenoxy) is 1. The number of carbonyl (C=O) groups is 1. The van der Waals surface area contributed by atoms with Crippen LogP contribution in [-0.2, 0) is 14.0 Å². The lowest BCUT2D eigenvalue weighted by atomic mass is 10.00. The molecule has 0 saturated heterocycles. The molecule has 0 aromatic heterocycles. The fraction of sp³-hybridized carbons (Fsp3) is 0.522. The molecule has 2 atom stereocenters. The summed E-state index contributed by atoms with van der Waals surface area (Å²) < 4.78 is 11.7. The molecule has 0 bridgehead atoms. The Morgan fingerprint density at radius 3 is 2.37 bits per heavy atom. The van der Waals surface area contributed by atoms with Gasteiger partial charge in [-0.25, -0.2) is 4.79 Å². The summed E-state index contributed by atoms with van der Waals surface area (Å²) >= 11 is 0. The van der Waals surface area contributed by atoms with Crippen LogP contribution in [0.25, 0.3) is 6.08 Å². The minimum atomic E-state index is -1.92. The average Bonchev–Trinajstić information content (AvgIpc) is 2.59. The van der Waals surface area contributed by atoms with Crippen LogP contribution >= 0.6 is 0 Å². The summed E-state index contributed by atoms with van der Waals surface area (Å²) in [6.45, 7) is 15.6. The summed E-state index contributed by atoms with van der Waals surface area (Å²) in [7, 11) is -1.92. The largest absolute Gasteiger partial charge is 0.463 e. The molecule has 0 aliphatic heterocycles. The van der Waals surface area contributed by atoms with Crippen molar-refractivity contribution in [3.63, 3.8) is 0 Å². The van der Waals surface area contributed by atoms with E-state index in [1.54, 1.807) is 0 Å². The third-order valence-electron chi connectivity index (χ3n) is 5.14. The van der Waals surface area contributed by atoms with Crippen LogP contribution in [0.5, 0.6) is 0 Å². The minimum absolute atomic E-state index is 0.0246. The first-order chi connectivity index (χ1) is 12.6. The van der Waals surface area contributed by atoms with E-state index in [9.17, 15) is 4.79 Å².